The number of benzene rings is 1. The molecule has 1 aliphatic rings. The summed E-state index contributed by atoms with van der Waals surface area (Å²) in [5.74, 6) is 1.87. The van der Waals surface area contributed by atoms with Crippen LogP contribution in [0.25, 0.3) is 0 Å². The van der Waals surface area contributed by atoms with Crippen LogP contribution in [0.1, 0.15) is 31.0 Å². The van der Waals surface area contributed by atoms with Crippen molar-refractivity contribution in [2.45, 2.75) is 32.6 Å². The van der Waals surface area contributed by atoms with E-state index in [-0.39, 0.29) is 5.91 Å². The van der Waals surface area contributed by atoms with Gasteiger partial charge >= 0.3 is 0 Å². The molecule has 128 valence electrons. The van der Waals surface area contributed by atoms with Gasteiger partial charge in [0.25, 0.3) is 0 Å². The molecule has 1 N–H and O–H groups in total. The highest BCUT2D eigenvalue weighted by Crippen LogP contribution is 2.22. The Kier molecular flexibility index (Phi) is 5.46. The Morgan fingerprint density at radius 3 is 2.96 bits per heavy atom. The summed E-state index contributed by atoms with van der Waals surface area (Å²) >= 11 is 0. The number of nitrogens with one attached hydrogen (secondary N) is 1. The van der Waals surface area contributed by atoms with Crippen LogP contribution < -0.4 is 10.2 Å². The quantitative estimate of drug-likeness (QED) is 0.845. The van der Waals surface area contributed by atoms with Crippen LogP contribution in [-0.2, 0) is 11.2 Å². The van der Waals surface area contributed by atoms with E-state index in [1.807, 2.05) is 6.07 Å². The van der Waals surface area contributed by atoms with Gasteiger partial charge in [-0.1, -0.05) is 23.4 Å². The van der Waals surface area contributed by atoms with E-state index >= 15 is 0 Å². The number of rotatable bonds is 7. The predicted octanol–water partition coefficient (Wildman–Crippen LogP) is 2.34. The van der Waals surface area contributed by atoms with Gasteiger partial charge in [0.05, 0.1) is 0 Å². The number of para-hydroxylation sites is 1. The van der Waals surface area contributed by atoms with Crippen molar-refractivity contribution in [2.24, 2.45) is 5.92 Å². The number of nitrogens with zero attached hydrogens (tertiary/aromatic N) is 3. The first kappa shape index (κ1) is 16.5. The number of carbonyl (C=O) groups is 1. The van der Waals surface area contributed by atoms with Gasteiger partial charge in [-0.05, 0) is 37.8 Å². The van der Waals surface area contributed by atoms with E-state index in [0.717, 1.165) is 32.5 Å². The lowest BCUT2D eigenvalue weighted by atomic mass is 10.1. The Bertz CT molecular complexity index is 656. The molecular formula is C18H24N4O2. The first-order chi connectivity index (χ1) is 11.7. The molecule has 2 aromatic rings. The second kappa shape index (κ2) is 7.95. The summed E-state index contributed by atoms with van der Waals surface area (Å²) in [6.07, 6.45) is 3.00. The van der Waals surface area contributed by atoms with Crippen molar-refractivity contribution in [1.82, 2.24) is 15.5 Å². The number of anilines is 1. The van der Waals surface area contributed by atoms with Crippen LogP contribution in [-0.4, -0.2) is 35.7 Å². The summed E-state index contributed by atoms with van der Waals surface area (Å²) < 4.78 is 5.04. The Balaban J connectivity index is 1.33. The maximum atomic E-state index is 12.0. The van der Waals surface area contributed by atoms with Crippen LogP contribution in [0.5, 0.6) is 0 Å². The van der Waals surface area contributed by atoms with Crippen LogP contribution in [0.2, 0.25) is 0 Å². The van der Waals surface area contributed by atoms with Crippen LogP contribution in [0.3, 0.4) is 0 Å². The van der Waals surface area contributed by atoms with Crippen molar-refractivity contribution < 1.29 is 9.32 Å². The molecule has 1 aromatic heterocycles. The maximum absolute atomic E-state index is 12.0. The summed E-state index contributed by atoms with van der Waals surface area (Å²) in [7, 11) is 0. The summed E-state index contributed by atoms with van der Waals surface area (Å²) in [5, 5.41) is 6.80. The second-order valence-corrected chi connectivity index (χ2v) is 6.33. The SMILES string of the molecule is Cc1noc(CCCC(=O)NC[C@H]2CCN(c3ccccc3)C2)n1. The molecule has 1 saturated heterocycles. The standard InChI is InChI=1S/C18H24N4O2/c1-14-20-18(24-21-14)9-5-8-17(23)19-12-15-10-11-22(13-15)16-6-3-2-4-7-16/h2-4,6-7,15H,5,8-13H2,1H3,(H,19,23)/t15-/m1/s1. The zero-order valence-corrected chi connectivity index (χ0v) is 14.1. The molecular weight excluding hydrogens is 304 g/mol. The van der Waals surface area contributed by atoms with E-state index < -0.39 is 0 Å². The highest BCUT2D eigenvalue weighted by Gasteiger charge is 2.22. The van der Waals surface area contributed by atoms with Crippen molar-refractivity contribution in [3.05, 3.63) is 42.0 Å². The third-order valence-corrected chi connectivity index (χ3v) is 4.36. The molecule has 1 aromatic carbocycles. The van der Waals surface area contributed by atoms with Crippen LogP contribution >= 0.6 is 0 Å². The van der Waals surface area contributed by atoms with Gasteiger partial charge in [-0.2, -0.15) is 4.98 Å². The molecule has 3 rings (SSSR count). The fourth-order valence-corrected chi connectivity index (χ4v) is 3.06. The minimum absolute atomic E-state index is 0.101. The van der Waals surface area contributed by atoms with Crippen molar-refractivity contribution in [3.8, 4) is 0 Å². The van der Waals surface area contributed by atoms with E-state index in [4.69, 9.17) is 4.52 Å². The summed E-state index contributed by atoms with van der Waals surface area (Å²) in [5.41, 5.74) is 1.26. The van der Waals surface area contributed by atoms with Gasteiger partial charge in [0, 0.05) is 38.2 Å². The van der Waals surface area contributed by atoms with Crippen LogP contribution in [0.4, 0.5) is 5.69 Å². The molecule has 0 aliphatic carbocycles. The van der Waals surface area contributed by atoms with Gasteiger partial charge in [-0.3, -0.25) is 4.79 Å². The molecule has 0 radical (unpaired) electrons. The zero-order valence-electron chi connectivity index (χ0n) is 14.1. The molecule has 0 saturated carbocycles. The van der Waals surface area contributed by atoms with Crippen molar-refractivity contribution in [3.63, 3.8) is 0 Å². The Morgan fingerprint density at radius 2 is 2.21 bits per heavy atom. The fourth-order valence-electron chi connectivity index (χ4n) is 3.06. The lowest BCUT2D eigenvalue weighted by molar-refractivity contribution is -0.121. The van der Waals surface area contributed by atoms with Crippen molar-refractivity contribution >= 4 is 11.6 Å². The minimum atomic E-state index is 0.101. The van der Waals surface area contributed by atoms with Gasteiger partial charge in [-0.15, -0.1) is 0 Å². The summed E-state index contributed by atoms with van der Waals surface area (Å²) in [6.45, 7) is 4.61. The molecule has 0 spiro atoms. The fraction of sp³-hybridized carbons (Fsp3) is 0.500. The number of aryl methyl sites for hydroxylation is 2. The number of carbonyl (C=O) groups excluding carboxylic acids is 1. The molecule has 6 heteroatoms. The zero-order chi connectivity index (χ0) is 16.8. The smallest absolute Gasteiger partial charge is 0.226 e. The van der Waals surface area contributed by atoms with E-state index in [1.165, 1.54) is 5.69 Å². The van der Waals surface area contributed by atoms with Gasteiger partial charge in [0.1, 0.15) is 0 Å². The topological polar surface area (TPSA) is 71.3 Å². The molecule has 1 atom stereocenters. The number of hydrogen-bond donors (Lipinski definition) is 1. The van der Waals surface area contributed by atoms with Gasteiger partial charge < -0.3 is 14.7 Å². The molecule has 6 nitrogen and oxygen atoms in total. The molecule has 0 unspecified atom stereocenters. The number of aromatic nitrogens is 2. The Morgan fingerprint density at radius 1 is 1.38 bits per heavy atom. The molecule has 1 amide bonds. The predicted molar refractivity (Wildman–Crippen MR) is 91.7 cm³/mol. The van der Waals surface area contributed by atoms with E-state index in [1.54, 1.807) is 6.92 Å². The monoisotopic (exact) mass is 328 g/mol. The van der Waals surface area contributed by atoms with Gasteiger partial charge in [0.15, 0.2) is 5.82 Å². The number of hydrogen-bond acceptors (Lipinski definition) is 5. The average Bonchev–Trinajstić information content (AvgIpc) is 3.23. The Hall–Kier alpha value is -2.37. The average molecular weight is 328 g/mol. The Labute approximate surface area is 142 Å². The van der Waals surface area contributed by atoms with Gasteiger partial charge in [0.2, 0.25) is 11.8 Å². The van der Waals surface area contributed by atoms with E-state index in [2.05, 4.69) is 44.6 Å². The third kappa shape index (κ3) is 4.57. The van der Waals surface area contributed by atoms with E-state index in [9.17, 15) is 4.79 Å². The highest BCUT2D eigenvalue weighted by molar-refractivity contribution is 5.75. The summed E-state index contributed by atoms with van der Waals surface area (Å²) in [6, 6.07) is 10.4. The molecule has 2 heterocycles. The van der Waals surface area contributed by atoms with Crippen LogP contribution in [0, 0.1) is 12.8 Å². The van der Waals surface area contributed by atoms with Crippen molar-refractivity contribution in [2.75, 3.05) is 24.5 Å². The van der Waals surface area contributed by atoms with Crippen molar-refractivity contribution in [1.29, 1.82) is 0 Å². The van der Waals surface area contributed by atoms with E-state index in [0.29, 0.717) is 30.5 Å². The largest absolute Gasteiger partial charge is 0.371 e. The van der Waals surface area contributed by atoms with Gasteiger partial charge in [-0.25, -0.2) is 0 Å². The molecule has 0 bridgehead atoms. The minimum Gasteiger partial charge on any atom is -0.371 e. The first-order valence-corrected chi connectivity index (χ1v) is 8.56. The second-order valence-electron chi connectivity index (χ2n) is 6.33. The normalized spacial score (nSPS) is 17.2. The first-order valence-electron chi connectivity index (χ1n) is 8.56. The lowest BCUT2D eigenvalue weighted by Crippen LogP contribution is -2.30. The molecule has 24 heavy (non-hydrogen) atoms. The number of amides is 1. The summed E-state index contributed by atoms with van der Waals surface area (Å²) in [4.78, 5) is 18.5. The van der Waals surface area contributed by atoms with Crippen LogP contribution in [0.15, 0.2) is 34.9 Å². The highest BCUT2D eigenvalue weighted by atomic mass is 16.5. The molecule has 1 fully saturated rings. The lowest BCUT2D eigenvalue weighted by Gasteiger charge is -2.18. The maximum Gasteiger partial charge on any atom is 0.226 e. The molecule has 1 aliphatic heterocycles. The third-order valence-electron chi connectivity index (χ3n) is 4.36.